The summed E-state index contributed by atoms with van der Waals surface area (Å²) in [6.07, 6.45) is 0.522. The fourth-order valence-electron chi connectivity index (χ4n) is 0.924. The molecule has 0 aliphatic rings. The molecule has 0 saturated heterocycles. The number of methoxy groups -OCH3 is 2. The zero-order valence-corrected chi connectivity index (χ0v) is 10.4. The molecule has 0 amide bonds. The molecule has 0 unspecified atom stereocenters. The Hall–Kier alpha value is -1.19. The Kier molecular flexibility index (Phi) is 8.39. The van der Waals surface area contributed by atoms with E-state index in [0.717, 1.165) is 5.56 Å². The highest BCUT2D eigenvalue weighted by molar-refractivity contribution is 5.95. The lowest BCUT2D eigenvalue weighted by Gasteiger charge is -2.03. The maximum absolute atomic E-state index is 11.0. The van der Waals surface area contributed by atoms with Crippen LogP contribution in [0.2, 0.25) is 0 Å². The van der Waals surface area contributed by atoms with Gasteiger partial charge in [0.15, 0.2) is 12.1 Å². The standard InChI is InChI=1S/C9H10O.C4H10O2/c1-2-9(10)8-6-4-3-5-7-8;1-4(5-2)6-3/h3-7H,2H2,1H3;4H,1-3H3. The highest BCUT2D eigenvalue weighted by Gasteiger charge is 1.98. The van der Waals surface area contributed by atoms with Crippen LogP contribution >= 0.6 is 0 Å². The average molecular weight is 224 g/mol. The number of hydrogen-bond acceptors (Lipinski definition) is 3. The summed E-state index contributed by atoms with van der Waals surface area (Å²) in [4.78, 5) is 11.0. The summed E-state index contributed by atoms with van der Waals surface area (Å²) in [5, 5.41) is 0. The van der Waals surface area contributed by atoms with Crippen LogP contribution in [0, 0.1) is 0 Å². The highest BCUT2D eigenvalue weighted by Crippen LogP contribution is 2.01. The molecule has 0 aliphatic heterocycles. The van der Waals surface area contributed by atoms with Crippen LogP contribution in [-0.2, 0) is 9.47 Å². The second-order valence-corrected chi connectivity index (χ2v) is 3.18. The molecule has 3 heteroatoms. The molecule has 1 rings (SSSR count). The van der Waals surface area contributed by atoms with Crippen LogP contribution in [-0.4, -0.2) is 26.3 Å². The molecule has 0 aliphatic carbocycles. The van der Waals surface area contributed by atoms with E-state index in [-0.39, 0.29) is 12.1 Å². The van der Waals surface area contributed by atoms with Gasteiger partial charge >= 0.3 is 0 Å². The molecule has 90 valence electrons. The zero-order chi connectivity index (χ0) is 12.4. The molecule has 3 nitrogen and oxygen atoms in total. The van der Waals surface area contributed by atoms with Crippen LogP contribution in [0.5, 0.6) is 0 Å². The molecule has 0 atom stereocenters. The third-order valence-electron chi connectivity index (χ3n) is 2.08. The average Bonchev–Trinajstić information content (AvgIpc) is 2.38. The maximum Gasteiger partial charge on any atom is 0.162 e. The second kappa shape index (κ2) is 9.07. The van der Waals surface area contributed by atoms with Crippen LogP contribution < -0.4 is 0 Å². The van der Waals surface area contributed by atoms with Crippen molar-refractivity contribution in [1.82, 2.24) is 0 Å². The van der Waals surface area contributed by atoms with Crippen molar-refractivity contribution in [2.24, 2.45) is 0 Å². The molecule has 16 heavy (non-hydrogen) atoms. The Bertz CT molecular complexity index is 278. The monoisotopic (exact) mass is 224 g/mol. The summed E-state index contributed by atoms with van der Waals surface area (Å²) in [6, 6.07) is 9.34. The molecular weight excluding hydrogens is 204 g/mol. The normalized spacial score (nSPS) is 9.56. The molecule has 1 aromatic carbocycles. The smallest absolute Gasteiger partial charge is 0.162 e. The first-order chi connectivity index (χ1) is 7.65. The number of ether oxygens (including phenoxy) is 2. The van der Waals surface area contributed by atoms with Gasteiger partial charge < -0.3 is 9.47 Å². The molecular formula is C13H20O3. The first kappa shape index (κ1) is 14.8. The fourth-order valence-corrected chi connectivity index (χ4v) is 0.924. The van der Waals surface area contributed by atoms with E-state index >= 15 is 0 Å². The summed E-state index contributed by atoms with van der Waals surface area (Å²) in [6.45, 7) is 3.70. The first-order valence-electron chi connectivity index (χ1n) is 5.29. The summed E-state index contributed by atoms with van der Waals surface area (Å²) < 4.78 is 9.35. The van der Waals surface area contributed by atoms with E-state index in [2.05, 4.69) is 9.47 Å². The van der Waals surface area contributed by atoms with E-state index in [1.54, 1.807) is 14.2 Å². The Morgan fingerprint density at radius 3 is 2.00 bits per heavy atom. The van der Waals surface area contributed by atoms with Gasteiger partial charge in [0.1, 0.15) is 0 Å². The highest BCUT2D eigenvalue weighted by atomic mass is 16.7. The summed E-state index contributed by atoms with van der Waals surface area (Å²) in [5.41, 5.74) is 0.810. The van der Waals surface area contributed by atoms with Crippen molar-refractivity contribution in [3.63, 3.8) is 0 Å². The molecule has 0 N–H and O–H groups in total. The fraction of sp³-hybridized carbons (Fsp3) is 0.462. The molecule has 0 aromatic heterocycles. The molecule has 1 aromatic rings. The lowest BCUT2D eigenvalue weighted by atomic mass is 10.1. The zero-order valence-electron chi connectivity index (χ0n) is 10.4. The molecule has 0 spiro atoms. The minimum Gasteiger partial charge on any atom is -0.356 e. The van der Waals surface area contributed by atoms with Gasteiger partial charge in [0.2, 0.25) is 0 Å². The lowest BCUT2D eigenvalue weighted by Crippen LogP contribution is -2.05. The van der Waals surface area contributed by atoms with Crippen LogP contribution in [0.3, 0.4) is 0 Å². The molecule has 0 bridgehead atoms. The molecule has 0 radical (unpaired) electrons. The van der Waals surface area contributed by atoms with Crippen LogP contribution in [0.15, 0.2) is 30.3 Å². The summed E-state index contributed by atoms with van der Waals surface area (Å²) in [7, 11) is 3.21. The molecule has 0 fully saturated rings. The van der Waals surface area contributed by atoms with E-state index in [1.807, 2.05) is 44.2 Å². The van der Waals surface area contributed by atoms with Crippen molar-refractivity contribution in [2.75, 3.05) is 14.2 Å². The largest absolute Gasteiger partial charge is 0.356 e. The number of benzene rings is 1. The number of Topliss-reactive ketones (excluding diaryl/α,β-unsaturated/α-hetero) is 1. The van der Waals surface area contributed by atoms with Crippen LogP contribution in [0.25, 0.3) is 0 Å². The Balaban J connectivity index is 0.000000325. The predicted molar refractivity (Wildman–Crippen MR) is 64.5 cm³/mol. The third-order valence-corrected chi connectivity index (χ3v) is 2.08. The van der Waals surface area contributed by atoms with Crippen molar-refractivity contribution < 1.29 is 14.3 Å². The second-order valence-electron chi connectivity index (χ2n) is 3.18. The molecule has 0 saturated carbocycles. The number of carbonyl (C=O) groups is 1. The Labute approximate surface area is 97.4 Å². The number of carbonyl (C=O) groups excluding carboxylic acids is 1. The van der Waals surface area contributed by atoms with Gasteiger partial charge in [-0.1, -0.05) is 37.3 Å². The van der Waals surface area contributed by atoms with Gasteiger partial charge in [0, 0.05) is 26.2 Å². The van der Waals surface area contributed by atoms with Crippen molar-refractivity contribution in [3.05, 3.63) is 35.9 Å². The quantitative estimate of drug-likeness (QED) is 0.582. The number of hydrogen-bond donors (Lipinski definition) is 0. The lowest BCUT2D eigenvalue weighted by molar-refractivity contribution is -0.0877. The van der Waals surface area contributed by atoms with Gasteiger partial charge in [-0.05, 0) is 6.92 Å². The van der Waals surface area contributed by atoms with E-state index < -0.39 is 0 Å². The van der Waals surface area contributed by atoms with Crippen LogP contribution in [0.4, 0.5) is 0 Å². The molecule has 0 heterocycles. The Morgan fingerprint density at radius 1 is 1.19 bits per heavy atom. The van der Waals surface area contributed by atoms with Gasteiger partial charge in [-0.2, -0.15) is 0 Å². The van der Waals surface area contributed by atoms with Crippen molar-refractivity contribution in [2.45, 2.75) is 26.6 Å². The maximum atomic E-state index is 11.0. The van der Waals surface area contributed by atoms with Crippen LogP contribution in [0.1, 0.15) is 30.6 Å². The minimum atomic E-state index is -0.0648. The van der Waals surface area contributed by atoms with Crippen molar-refractivity contribution in [1.29, 1.82) is 0 Å². The summed E-state index contributed by atoms with van der Waals surface area (Å²) in [5.74, 6) is 0.209. The van der Waals surface area contributed by atoms with Crippen molar-refractivity contribution >= 4 is 5.78 Å². The van der Waals surface area contributed by atoms with Gasteiger partial charge in [0.25, 0.3) is 0 Å². The Morgan fingerprint density at radius 2 is 1.69 bits per heavy atom. The van der Waals surface area contributed by atoms with Crippen molar-refractivity contribution in [3.8, 4) is 0 Å². The number of rotatable bonds is 4. The topological polar surface area (TPSA) is 35.5 Å². The SMILES string of the molecule is CCC(=O)c1ccccc1.COC(C)OC. The number of ketones is 1. The van der Waals surface area contributed by atoms with Gasteiger partial charge in [-0.15, -0.1) is 0 Å². The summed E-state index contributed by atoms with van der Waals surface area (Å²) >= 11 is 0. The van der Waals surface area contributed by atoms with E-state index in [9.17, 15) is 4.79 Å². The third kappa shape index (κ3) is 6.32. The van der Waals surface area contributed by atoms with Gasteiger partial charge in [-0.25, -0.2) is 0 Å². The van der Waals surface area contributed by atoms with Gasteiger partial charge in [0.05, 0.1) is 0 Å². The minimum absolute atomic E-state index is 0.0648. The van der Waals surface area contributed by atoms with E-state index in [1.165, 1.54) is 0 Å². The first-order valence-corrected chi connectivity index (χ1v) is 5.29. The van der Waals surface area contributed by atoms with Gasteiger partial charge in [-0.3, -0.25) is 4.79 Å². The predicted octanol–water partition coefficient (Wildman–Crippen LogP) is 2.90. The van der Waals surface area contributed by atoms with E-state index in [0.29, 0.717) is 6.42 Å². The van der Waals surface area contributed by atoms with E-state index in [4.69, 9.17) is 0 Å².